The molecule has 2 rings (SSSR count). The summed E-state index contributed by atoms with van der Waals surface area (Å²) in [5.74, 6) is 0. The molecule has 2 aromatic rings. The monoisotopic (exact) mass is 241 g/mol. The summed E-state index contributed by atoms with van der Waals surface area (Å²) in [7, 11) is 0. The molecule has 2 heteroatoms. The molecule has 0 aliphatic rings. The van der Waals surface area contributed by atoms with Gasteiger partial charge in [-0.3, -0.25) is 4.98 Å². The summed E-state index contributed by atoms with van der Waals surface area (Å²) in [5, 5.41) is 9.14. The van der Waals surface area contributed by atoms with Crippen molar-refractivity contribution in [2.45, 2.75) is 32.8 Å². The first-order valence-electron chi connectivity index (χ1n) is 6.17. The standard InChI is InChI=1S/C16H19NO/c1-16(2,3)15-8-7-14(10-17-15)13-6-4-5-12(9-13)11-18/h4-10,18H,11H2,1-3H3. The fourth-order valence-electron chi connectivity index (χ4n) is 1.86. The van der Waals surface area contributed by atoms with Crippen LogP contribution in [0.2, 0.25) is 0 Å². The Morgan fingerprint density at radius 3 is 2.39 bits per heavy atom. The molecule has 2 nitrogen and oxygen atoms in total. The van der Waals surface area contributed by atoms with Crippen molar-refractivity contribution < 1.29 is 5.11 Å². The predicted octanol–water partition coefficient (Wildman–Crippen LogP) is 3.54. The Hall–Kier alpha value is -1.67. The van der Waals surface area contributed by atoms with Gasteiger partial charge in [0.2, 0.25) is 0 Å². The quantitative estimate of drug-likeness (QED) is 0.872. The molecule has 94 valence electrons. The molecule has 0 atom stereocenters. The first-order valence-corrected chi connectivity index (χ1v) is 6.17. The number of hydrogen-bond acceptors (Lipinski definition) is 2. The predicted molar refractivity (Wildman–Crippen MR) is 74.3 cm³/mol. The zero-order chi connectivity index (χ0) is 13.2. The lowest BCUT2D eigenvalue weighted by molar-refractivity contribution is 0.282. The fourth-order valence-corrected chi connectivity index (χ4v) is 1.86. The highest BCUT2D eigenvalue weighted by Gasteiger charge is 2.14. The molecule has 1 N–H and O–H groups in total. The SMILES string of the molecule is CC(C)(C)c1ccc(-c2cccc(CO)c2)cn1. The Morgan fingerprint density at radius 1 is 1.06 bits per heavy atom. The normalized spacial score (nSPS) is 11.6. The van der Waals surface area contributed by atoms with Crippen LogP contribution in [-0.2, 0) is 12.0 Å². The summed E-state index contributed by atoms with van der Waals surface area (Å²) in [5.41, 5.74) is 4.26. The minimum Gasteiger partial charge on any atom is -0.392 e. The van der Waals surface area contributed by atoms with Crippen LogP contribution in [0.5, 0.6) is 0 Å². The van der Waals surface area contributed by atoms with Crippen molar-refractivity contribution in [1.29, 1.82) is 0 Å². The van der Waals surface area contributed by atoms with Gasteiger partial charge in [0.1, 0.15) is 0 Å². The third-order valence-electron chi connectivity index (χ3n) is 2.97. The van der Waals surface area contributed by atoms with E-state index in [9.17, 15) is 0 Å². The van der Waals surface area contributed by atoms with Crippen molar-refractivity contribution in [2.75, 3.05) is 0 Å². The van der Waals surface area contributed by atoms with Gasteiger partial charge in [0.25, 0.3) is 0 Å². The van der Waals surface area contributed by atoms with Gasteiger partial charge in [0.15, 0.2) is 0 Å². The summed E-state index contributed by atoms with van der Waals surface area (Å²) < 4.78 is 0. The van der Waals surface area contributed by atoms with E-state index in [0.29, 0.717) is 0 Å². The largest absolute Gasteiger partial charge is 0.392 e. The van der Waals surface area contributed by atoms with Crippen molar-refractivity contribution in [3.05, 3.63) is 53.9 Å². The van der Waals surface area contributed by atoms with Crippen molar-refractivity contribution in [1.82, 2.24) is 4.98 Å². The molecule has 0 bridgehead atoms. The Balaban J connectivity index is 2.34. The lowest BCUT2D eigenvalue weighted by Gasteiger charge is -2.17. The first kappa shape index (κ1) is 12.8. The van der Waals surface area contributed by atoms with E-state index >= 15 is 0 Å². The highest BCUT2D eigenvalue weighted by molar-refractivity contribution is 5.63. The molecule has 18 heavy (non-hydrogen) atoms. The second-order valence-corrected chi connectivity index (χ2v) is 5.54. The van der Waals surface area contributed by atoms with Crippen LogP contribution in [0.15, 0.2) is 42.6 Å². The number of hydrogen-bond donors (Lipinski definition) is 1. The molecule has 0 unspecified atom stereocenters. The number of aromatic nitrogens is 1. The molecule has 0 spiro atoms. The van der Waals surface area contributed by atoms with Crippen LogP contribution >= 0.6 is 0 Å². The number of aliphatic hydroxyl groups is 1. The molecule has 0 fully saturated rings. The number of aliphatic hydroxyl groups excluding tert-OH is 1. The van der Waals surface area contributed by atoms with Gasteiger partial charge in [-0.05, 0) is 23.3 Å². The molecule has 0 radical (unpaired) electrons. The maximum absolute atomic E-state index is 9.14. The highest BCUT2D eigenvalue weighted by atomic mass is 16.3. The molecule has 0 saturated carbocycles. The van der Waals surface area contributed by atoms with Gasteiger partial charge in [-0.1, -0.05) is 45.0 Å². The van der Waals surface area contributed by atoms with Gasteiger partial charge >= 0.3 is 0 Å². The van der Waals surface area contributed by atoms with Crippen LogP contribution < -0.4 is 0 Å². The molecule has 0 saturated heterocycles. The van der Waals surface area contributed by atoms with E-state index in [1.54, 1.807) is 0 Å². The van der Waals surface area contributed by atoms with Gasteiger partial charge in [0.05, 0.1) is 6.61 Å². The van der Waals surface area contributed by atoms with Crippen LogP contribution in [0.25, 0.3) is 11.1 Å². The highest BCUT2D eigenvalue weighted by Crippen LogP contribution is 2.24. The Morgan fingerprint density at radius 2 is 1.83 bits per heavy atom. The van der Waals surface area contributed by atoms with E-state index in [1.807, 2.05) is 30.5 Å². The number of pyridine rings is 1. The van der Waals surface area contributed by atoms with E-state index in [1.165, 1.54) is 0 Å². The molecule has 1 heterocycles. The maximum atomic E-state index is 9.14. The van der Waals surface area contributed by atoms with Crippen LogP contribution in [-0.4, -0.2) is 10.1 Å². The van der Waals surface area contributed by atoms with Crippen molar-refractivity contribution in [3.8, 4) is 11.1 Å². The summed E-state index contributed by atoms with van der Waals surface area (Å²) in [6.45, 7) is 6.53. The number of benzene rings is 1. The second kappa shape index (κ2) is 4.91. The Labute approximate surface area is 108 Å². The fraction of sp³-hybridized carbons (Fsp3) is 0.312. The zero-order valence-electron chi connectivity index (χ0n) is 11.1. The molecular weight excluding hydrogens is 222 g/mol. The van der Waals surface area contributed by atoms with Gasteiger partial charge in [-0.25, -0.2) is 0 Å². The number of nitrogens with zero attached hydrogens (tertiary/aromatic N) is 1. The lowest BCUT2D eigenvalue weighted by atomic mass is 9.91. The molecule has 0 amide bonds. The van der Waals surface area contributed by atoms with E-state index in [4.69, 9.17) is 5.11 Å². The average molecular weight is 241 g/mol. The van der Waals surface area contributed by atoms with E-state index < -0.39 is 0 Å². The van der Waals surface area contributed by atoms with Crippen molar-refractivity contribution in [2.24, 2.45) is 0 Å². The molecule has 0 aliphatic heterocycles. The zero-order valence-corrected chi connectivity index (χ0v) is 11.1. The maximum Gasteiger partial charge on any atom is 0.0682 e. The minimum atomic E-state index is 0.0708. The summed E-state index contributed by atoms with van der Waals surface area (Å²) in [4.78, 5) is 4.52. The van der Waals surface area contributed by atoms with Crippen LogP contribution in [0.3, 0.4) is 0 Å². The topological polar surface area (TPSA) is 33.1 Å². The van der Waals surface area contributed by atoms with Gasteiger partial charge in [0, 0.05) is 22.9 Å². The van der Waals surface area contributed by atoms with E-state index in [2.05, 4.69) is 37.9 Å². The van der Waals surface area contributed by atoms with E-state index in [-0.39, 0.29) is 12.0 Å². The molecule has 1 aromatic carbocycles. The van der Waals surface area contributed by atoms with Crippen LogP contribution in [0.4, 0.5) is 0 Å². The van der Waals surface area contributed by atoms with Gasteiger partial charge < -0.3 is 5.11 Å². The van der Waals surface area contributed by atoms with Gasteiger partial charge in [-0.15, -0.1) is 0 Å². The summed E-state index contributed by atoms with van der Waals surface area (Å²) >= 11 is 0. The molecular formula is C16H19NO. The summed E-state index contributed by atoms with van der Waals surface area (Å²) in [6.07, 6.45) is 1.90. The van der Waals surface area contributed by atoms with E-state index in [0.717, 1.165) is 22.4 Å². The Kier molecular flexibility index (Phi) is 3.48. The lowest BCUT2D eigenvalue weighted by Crippen LogP contribution is -2.12. The van der Waals surface area contributed by atoms with Gasteiger partial charge in [-0.2, -0.15) is 0 Å². The molecule has 0 aliphatic carbocycles. The first-order chi connectivity index (χ1) is 8.50. The van der Waals surface area contributed by atoms with Crippen LogP contribution in [0, 0.1) is 0 Å². The molecule has 1 aromatic heterocycles. The summed E-state index contributed by atoms with van der Waals surface area (Å²) in [6, 6.07) is 12.1. The number of rotatable bonds is 2. The third-order valence-corrected chi connectivity index (χ3v) is 2.97. The second-order valence-electron chi connectivity index (χ2n) is 5.54. The average Bonchev–Trinajstić information content (AvgIpc) is 2.38. The van der Waals surface area contributed by atoms with Crippen LogP contribution in [0.1, 0.15) is 32.0 Å². The smallest absolute Gasteiger partial charge is 0.0682 e. The van der Waals surface area contributed by atoms with Crippen molar-refractivity contribution in [3.63, 3.8) is 0 Å². The Bertz CT molecular complexity index is 524. The third kappa shape index (κ3) is 2.77. The van der Waals surface area contributed by atoms with Crippen molar-refractivity contribution >= 4 is 0 Å². The minimum absolute atomic E-state index is 0.0708.